The molecule has 0 spiro atoms. The van der Waals surface area contributed by atoms with Crippen LogP contribution in [0.4, 0.5) is 19.0 Å². The van der Waals surface area contributed by atoms with Crippen LogP contribution in [0.25, 0.3) is 0 Å². The zero-order valence-corrected chi connectivity index (χ0v) is 8.54. The van der Waals surface area contributed by atoms with Crippen molar-refractivity contribution >= 4 is 11.8 Å². The van der Waals surface area contributed by atoms with E-state index in [0.717, 1.165) is 6.07 Å². The van der Waals surface area contributed by atoms with Gasteiger partial charge in [-0.1, -0.05) is 0 Å². The molecule has 0 radical (unpaired) electrons. The van der Waals surface area contributed by atoms with E-state index < -0.39 is 23.4 Å². The zero-order chi connectivity index (χ0) is 12.5. The van der Waals surface area contributed by atoms with Crippen LogP contribution in [-0.2, 0) is 6.18 Å². The van der Waals surface area contributed by atoms with Gasteiger partial charge >= 0.3 is 12.1 Å². The summed E-state index contributed by atoms with van der Waals surface area (Å²) in [4.78, 5) is 15.3. The molecule has 4 nitrogen and oxygen atoms in total. The van der Waals surface area contributed by atoms with Gasteiger partial charge in [-0.25, -0.2) is 9.78 Å². The fourth-order valence-electron chi connectivity index (χ4n) is 1.01. The Morgan fingerprint density at radius 3 is 2.31 bits per heavy atom. The molecule has 88 valence electrons. The van der Waals surface area contributed by atoms with E-state index in [1.807, 2.05) is 0 Å². The van der Waals surface area contributed by atoms with Gasteiger partial charge in [0.25, 0.3) is 0 Å². The third-order valence-corrected chi connectivity index (χ3v) is 1.81. The Hall–Kier alpha value is -1.79. The molecule has 0 fully saturated rings. The molecule has 0 amide bonds. The average molecular weight is 234 g/mol. The van der Waals surface area contributed by atoms with E-state index in [1.165, 1.54) is 19.0 Å². The highest BCUT2D eigenvalue weighted by molar-refractivity contribution is 5.88. The number of carboxylic acids is 1. The van der Waals surface area contributed by atoms with Crippen molar-refractivity contribution in [1.29, 1.82) is 0 Å². The smallest absolute Gasteiger partial charge is 0.433 e. The summed E-state index contributed by atoms with van der Waals surface area (Å²) in [6.07, 6.45) is -4.66. The second-order valence-corrected chi connectivity index (χ2v) is 3.30. The second kappa shape index (κ2) is 3.99. The van der Waals surface area contributed by atoms with Crippen LogP contribution < -0.4 is 4.90 Å². The van der Waals surface area contributed by atoms with Gasteiger partial charge < -0.3 is 10.0 Å². The molecule has 0 saturated carbocycles. The third kappa shape index (κ3) is 2.62. The van der Waals surface area contributed by atoms with Crippen LogP contribution in [0.15, 0.2) is 12.1 Å². The molecule has 0 aliphatic heterocycles. The monoisotopic (exact) mass is 234 g/mol. The first-order valence-corrected chi connectivity index (χ1v) is 4.21. The lowest BCUT2D eigenvalue weighted by Crippen LogP contribution is -2.17. The number of aromatic carboxylic acids is 1. The van der Waals surface area contributed by atoms with Gasteiger partial charge in [0.1, 0.15) is 11.5 Å². The van der Waals surface area contributed by atoms with Crippen LogP contribution in [0, 0.1) is 0 Å². The Balaban J connectivity index is 3.36. The van der Waals surface area contributed by atoms with Gasteiger partial charge in [-0.3, -0.25) is 0 Å². The summed E-state index contributed by atoms with van der Waals surface area (Å²) < 4.78 is 37.2. The number of halogens is 3. The van der Waals surface area contributed by atoms with E-state index >= 15 is 0 Å². The first kappa shape index (κ1) is 12.3. The highest BCUT2D eigenvalue weighted by Gasteiger charge is 2.34. The molecular weight excluding hydrogens is 225 g/mol. The summed E-state index contributed by atoms with van der Waals surface area (Å²) in [5.41, 5.74) is -1.65. The van der Waals surface area contributed by atoms with E-state index in [-0.39, 0.29) is 5.82 Å². The van der Waals surface area contributed by atoms with Crippen LogP contribution >= 0.6 is 0 Å². The van der Waals surface area contributed by atoms with E-state index in [0.29, 0.717) is 6.07 Å². The van der Waals surface area contributed by atoms with Crippen molar-refractivity contribution in [3.63, 3.8) is 0 Å². The summed E-state index contributed by atoms with van der Waals surface area (Å²) in [7, 11) is 2.96. The first-order chi connectivity index (χ1) is 7.21. The summed E-state index contributed by atoms with van der Waals surface area (Å²) in [5.74, 6) is -1.47. The number of anilines is 1. The average Bonchev–Trinajstić information content (AvgIpc) is 2.15. The molecule has 1 rings (SSSR count). The predicted octanol–water partition coefficient (Wildman–Crippen LogP) is 1.86. The standard InChI is InChI=1S/C9H9F3N2O2/c1-14(2)7-4-5(8(15)16)3-6(13-7)9(10,11)12/h3-4H,1-2H3,(H,15,16). The SMILES string of the molecule is CN(C)c1cc(C(=O)O)cc(C(F)(F)F)n1. The van der Waals surface area contributed by atoms with Crippen LogP contribution in [0.3, 0.4) is 0 Å². The number of aromatic nitrogens is 1. The number of rotatable bonds is 2. The number of pyridine rings is 1. The van der Waals surface area contributed by atoms with Crippen molar-refractivity contribution in [2.75, 3.05) is 19.0 Å². The fourth-order valence-corrected chi connectivity index (χ4v) is 1.01. The highest BCUT2D eigenvalue weighted by Crippen LogP contribution is 2.29. The third-order valence-electron chi connectivity index (χ3n) is 1.81. The van der Waals surface area contributed by atoms with Gasteiger partial charge in [0.05, 0.1) is 5.56 Å². The normalized spacial score (nSPS) is 11.3. The lowest BCUT2D eigenvalue weighted by Gasteiger charge is -2.14. The second-order valence-electron chi connectivity index (χ2n) is 3.30. The van der Waals surface area contributed by atoms with Gasteiger partial charge in [-0.2, -0.15) is 13.2 Å². The number of alkyl halides is 3. The highest BCUT2D eigenvalue weighted by atomic mass is 19.4. The van der Waals surface area contributed by atoms with Crippen molar-refractivity contribution in [3.05, 3.63) is 23.4 Å². The van der Waals surface area contributed by atoms with E-state index in [1.54, 1.807) is 0 Å². The summed E-state index contributed by atoms with van der Waals surface area (Å²) in [6, 6.07) is 1.59. The van der Waals surface area contributed by atoms with Crippen molar-refractivity contribution in [2.45, 2.75) is 6.18 Å². The molecule has 0 bridgehead atoms. The quantitative estimate of drug-likeness (QED) is 0.848. The molecule has 0 aliphatic rings. The lowest BCUT2D eigenvalue weighted by molar-refractivity contribution is -0.141. The number of carbonyl (C=O) groups is 1. The van der Waals surface area contributed by atoms with Crippen LogP contribution in [0.1, 0.15) is 16.1 Å². The molecule has 1 heterocycles. The maximum Gasteiger partial charge on any atom is 0.433 e. The summed E-state index contributed by atoms with van der Waals surface area (Å²) in [5, 5.41) is 8.67. The van der Waals surface area contributed by atoms with Crippen molar-refractivity contribution in [2.24, 2.45) is 0 Å². The molecule has 16 heavy (non-hydrogen) atoms. The Morgan fingerprint density at radius 2 is 1.94 bits per heavy atom. The molecule has 0 saturated heterocycles. The van der Waals surface area contributed by atoms with Gasteiger partial charge in [-0.15, -0.1) is 0 Å². The number of carboxylic acid groups (broad SMARTS) is 1. The zero-order valence-electron chi connectivity index (χ0n) is 8.54. The largest absolute Gasteiger partial charge is 0.478 e. The Morgan fingerprint density at radius 1 is 1.38 bits per heavy atom. The number of hydrogen-bond donors (Lipinski definition) is 1. The molecule has 1 aromatic rings. The fraction of sp³-hybridized carbons (Fsp3) is 0.333. The van der Waals surface area contributed by atoms with Crippen LogP contribution in [-0.4, -0.2) is 30.2 Å². The lowest BCUT2D eigenvalue weighted by atomic mass is 10.2. The van der Waals surface area contributed by atoms with Gasteiger partial charge in [0.15, 0.2) is 0 Å². The molecule has 1 aromatic heterocycles. The van der Waals surface area contributed by atoms with Crippen molar-refractivity contribution in [3.8, 4) is 0 Å². The van der Waals surface area contributed by atoms with Gasteiger partial charge in [0.2, 0.25) is 0 Å². The maximum atomic E-state index is 12.4. The first-order valence-electron chi connectivity index (χ1n) is 4.21. The van der Waals surface area contributed by atoms with E-state index in [4.69, 9.17) is 5.11 Å². The summed E-state index contributed by atoms with van der Waals surface area (Å²) >= 11 is 0. The maximum absolute atomic E-state index is 12.4. The molecule has 0 atom stereocenters. The molecule has 0 aromatic carbocycles. The number of nitrogens with zero attached hydrogens (tertiary/aromatic N) is 2. The molecule has 0 unspecified atom stereocenters. The topological polar surface area (TPSA) is 53.4 Å². The van der Waals surface area contributed by atoms with Gasteiger partial charge in [0, 0.05) is 14.1 Å². The molecule has 7 heteroatoms. The Kier molecular flexibility index (Phi) is 3.06. The minimum atomic E-state index is -4.66. The van der Waals surface area contributed by atoms with E-state index in [2.05, 4.69) is 4.98 Å². The molecular formula is C9H9F3N2O2. The van der Waals surface area contributed by atoms with Crippen molar-refractivity contribution in [1.82, 2.24) is 4.98 Å². The minimum Gasteiger partial charge on any atom is -0.478 e. The Labute approximate surface area is 89.3 Å². The van der Waals surface area contributed by atoms with E-state index in [9.17, 15) is 18.0 Å². The van der Waals surface area contributed by atoms with Crippen LogP contribution in [0.5, 0.6) is 0 Å². The molecule has 0 aliphatic carbocycles. The van der Waals surface area contributed by atoms with Crippen LogP contribution in [0.2, 0.25) is 0 Å². The predicted molar refractivity (Wildman–Crippen MR) is 50.5 cm³/mol. The van der Waals surface area contributed by atoms with Gasteiger partial charge in [-0.05, 0) is 12.1 Å². The Bertz CT molecular complexity index is 416. The van der Waals surface area contributed by atoms with Crippen molar-refractivity contribution < 1.29 is 23.1 Å². The number of hydrogen-bond acceptors (Lipinski definition) is 3. The molecule has 1 N–H and O–H groups in total. The minimum absolute atomic E-state index is 0.0489. The summed E-state index contributed by atoms with van der Waals surface area (Å²) in [6.45, 7) is 0.